The van der Waals surface area contributed by atoms with Gasteiger partial charge >= 0.3 is 0 Å². The van der Waals surface area contributed by atoms with Crippen LogP contribution in [-0.2, 0) is 0 Å². The van der Waals surface area contributed by atoms with Crippen molar-refractivity contribution in [3.05, 3.63) is 107 Å². The summed E-state index contributed by atoms with van der Waals surface area (Å²) in [6.07, 6.45) is 3.10. The van der Waals surface area contributed by atoms with E-state index >= 15 is 0 Å². The van der Waals surface area contributed by atoms with Crippen LogP contribution in [0.5, 0.6) is 0 Å². The van der Waals surface area contributed by atoms with Gasteiger partial charge in [-0.25, -0.2) is 4.39 Å². The second kappa shape index (κ2) is 7.63. The molecule has 156 valence electrons. The summed E-state index contributed by atoms with van der Waals surface area (Å²) in [5, 5.41) is 0.555. The second-order valence-corrected chi connectivity index (χ2v) is 7.30. The zero-order valence-electron chi connectivity index (χ0n) is 16.7. The number of halogens is 1. The Morgan fingerprint density at radius 1 is 0.938 bits per heavy atom. The smallest absolute Gasteiger partial charge is 0.209 e. The molecule has 2 aromatic carbocycles. The first-order chi connectivity index (χ1) is 15.5. The lowest BCUT2D eigenvalue weighted by Crippen LogP contribution is -2.07. The van der Waals surface area contributed by atoms with Crippen molar-refractivity contribution < 1.29 is 14.0 Å². The highest BCUT2D eigenvalue weighted by Gasteiger charge is 2.29. The zero-order chi connectivity index (χ0) is 22.2. The Morgan fingerprint density at radius 3 is 2.47 bits per heavy atom. The number of aromatic amines is 2. The summed E-state index contributed by atoms with van der Waals surface area (Å²) in [4.78, 5) is 37.1. The number of nitrogen functional groups attached to an aromatic ring is 1. The van der Waals surface area contributed by atoms with Crippen LogP contribution in [0.4, 0.5) is 10.2 Å². The molecule has 0 bridgehead atoms. The van der Waals surface area contributed by atoms with E-state index < -0.39 is 11.6 Å². The Bertz CT molecular complexity index is 1470. The van der Waals surface area contributed by atoms with Gasteiger partial charge in [0.1, 0.15) is 11.6 Å². The van der Waals surface area contributed by atoms with Gasteiger partial charge in [0.05, 0.1) is 17.0 Å². The molecule has 0 fully saturated rings. The summed E-state index contributed by atoms with van der Waals surface area (Å²) >= 11 is 0. The van der Waals surface area contributed by atoms with Crippen LogP contribution in [-0.4, -0.2) is 26.5 Å². The minimum Gasteiger partial charge on any atom is -0.385 e. The highest BCUT2D eigenvalue weighted by atomic mass is 19.1. The molecule has 0 aliphatic rings. The van der Waals surface area contributed by atoms with E-state index in [-0.39, 0.29) is 22.9 Å². The largest absolute Gasteiger partial charge is 0.385 e. The second-order valence-electron chi connectivity index (χ2n) is 7.30. The van der Waals surface area contributed by atoms with Crippen LogP contribution in [0.25, 0.3) is 22.2 Å². The number of carbonyl (C=O) groups is 2. The first kappa shape index (κ1) is 19.4. The standard InChI is InChI=1S/C25H17FN4O2/c26-15-9-10-16-17(13-29-19(16)12-15)24(32)21-20(18-8-4-5-11-28-18)22(30-25(21)27)23(31)14-6-2-1-3-7-14/h1-13,29-30H,27H2. The molecule has 0 spiro atoms. The highest BCUT2D eigenvalue weighted by Crippen LogP contribution is 2.35. The fraction of sp³-hybridized carbons (Fsp3) is 0. The van der Waals surface area contributed by atoms with Gasteiger partial charge in [0.2, 0.25) is 5.78 Å². The molecule has 32 heavy (non-hydrogen) atoms. The van der Waals surface area contributed by atoms with Crippen molar-refractivity contribution in [2.24, 2.45) is 0 Å². The van der Waals surface area contributed by atoms with Gasteiger partial charge in [-0.15, -0.1) is 0 Å². The average Bonchev–Trinajstić information content (AvgIpc) is 3.40. The maximum absolute atomic E-state index is 13.6. The third-order valence-corrected chi connectivity index (χ3v) is 5.33. The normalized spacial score (nSPS) is 11.0. The van der Waals surface area contributed by atoms with E-state index in [0.29, 0.717) is 33.3 Å². The van der Waals surface area contributed by atoms with Crippen molar-refractivity contribution >= 4 is 28.3 Å². The quantitative estimate of drug-likeness (QED) is 0.354. The number of aromatic nitrogens is 3. The first-order valence-corrected chi connectivity index (χ1v) is 9.88. The zero-order valence-corrected chi connectivity index (χ0v) is 16.7. The molecule has 0 unspecified atom stereocenters. The van der Waals surface area contributed by atoms with Crippen LogP contribution in [0.1, 0.15) is 32.0 Å². The number of hydrogen-bond donors (Lipinski definition) is 3. The Hall–Kier alpha value is -4.52. The van der Waals surface area contributed by atoms with Crippen molar-refractivity contribution in [1.29, 1.82) is 0 Å². The molecule has 0 radical (unpaired) electrons. The highest BCUT2D eigenvalue weighted by molar-refractivity contribution is 6.24. The number of hydrogen-bond acceptors (Lipinski definition) is 4. The van der Waals surface area contributed by atoms with Crippen LogP contribution in [0.15, 0.2) is 79.1 Å². The molecule has 0 saturated carbocycles. The number of fused-ring (bicyclic) bond motifs is 1. The third kappa shape index (κ3) is 3.16. The molecular weight excluding hydrogens is 407 g/mol. The van der Waals surface area contributed by atoms with Gasteiger partial charge in [0, 0.05) is 40.0 Å². The summed E-state index contributed by atoms with van der Waals surface area (Å²) in [7, 11) is 0. The Balaban J connectivity index is 1.72. The lowest BCUT2D eigenvalue weighted by atomic mass is 9.95. The van der Waals surface area contributed by atoms with E-state index in [0.717, 1.165) is 0 Å². The van der Waals surface area contributed by atoms with Crippen molar-refractivity contribution in [1.82, 2.24) is 15.0 Å². The van der Waals surface area contributed by atoms with Crippen LogP contribution in [0.2, 0.25) is 0 Å². The topological polar surface area (TPSA) is 105 Å². The monoisotopic (exact) mass is 424 g/mol. The molecule has 7 heteroatoms. The van der Waals surface area contributed by atoms with Crippen LogP contribution >= 0.6 is 0 Å². The molecule has 5 rings (SSSR count). The van der Waals surface area contributed by atoms with E-state index in [1.54, 1.807) is 48.7 Å². The molecule has 4 N–H and O–H groups in total. The van der Waals surface area contributed by atoms with E-state index in [9.17, 15) is 14.0 Å². The fourth-order valence-corrected chi connectivity index (χ4v) is 3.85. The molecule has 0 aliphatic heterocycles. The number of ketones is 2. The Labute approximate surface area is 181 Å². The van der Waals surface area contributed by atoms with Gasteiger partial charge in [0.15, 0.2) is 5.78 Å². The van der Waals surface area contributed by atoms with Crippen molar-refractivity contribution in [2.45, 2.75) is 0 Å². The first-order valence-electron chi connectivity index (χ1n) is 9.88. The SMILES string of the molecule is Nc1[nH]c(C(=O)c2ccccc2)c(-c2ccccn2)c1C(=O)c1c[nH]c2cc(F)ccc12. The number of rotatable bonds is 5. The minimum absolute atomic E-state index is 0.0615. The summed E-state index contributed by atoms with van der Waals surface area (Å²) in [6.45, 7) is 0. The van der Waals surface area contributed by atoms with E-state index in [1.807, 2.05) is 6.07 Å². The Morgan fingerprint density at radius 2 is 1.72 bits per heavy atom. The van der Waals surface area contributed by atoms with E-state index in [4.69, 9.17) is 5.73 Å². The average molecular weight is 424 g/mol. The molecule has 0 aliphatic carbocycles. The minimum atomic E-state index is -0.413. The van der Waals surface area contributed by atoms with Crippen molar-refractivity contribution in [3.8, 4) is 11.3 Å². The van der Waals surface area contributed by atoms with Crippen molar-refractivity contribution in [3.63, 3.8) is 0 Å². The van der Waals surface area contributed by atoms with Gasteiger partial charge in [-0.3, -0.25) is 14.6 Å². The molecule has 0 atom stereocenters. The predicted octanol–water partition coefficient (Wildman–Crippen LogP) is 4.74. The maximum atomic E-state index is 13.6. The number of nitrogens with one attached hydrogen (secondary N) is 2. The van der Waals surface area contributed by atoms with Crippen LogP contribution in [0.3, 0.4) is 0 Å². The predicted molar refractivity (Wildman–Crippen MR) is 120 cm³/mol. The summed E-state index contributed by atoms with van der Waals surface area (Å²) in [6, 6.07) is 18.1. The van der Waals surface area contributed by atoms with Gasteiger partial charge in [-0.1, -0.05) is 36.4 Å². The number of nitrogens with zero attached hydrogens (tertiary/aromatic N) is 1. The van der Waals surface area contributed by atoms with Gasteiger partial charge in [-0.05, 0) is 30.3 Å². The molecular formula is C25H17FN4O2. The molecule has 0 amide bonds. The van der Waals surface area contributed by atoms with Crippen molar-refractivity contribution in [2.75, 3.05) is 5.73 Å². The van der Waals surface area contributed by atoms with E-state index in [1.165, 1.54) is 24.4 Å². The fourth-order valence-electron chi connectivity index (χ4n) is 3.85. The van der Waals surface area contributed by atoms with Crippen LogP contribution < -0.4 is 5.73 Å². The number of nitrogens with two attached hydrogens (primary N) is 1. The number of anilines is 1. The molecule has 3 heterocycles. The summed E-state index contributed by atoms with van der Waals surface area (Å²) in [5.41, 5.74) is 8.60. The molecule has 3 aromatic heterocycles. The molecule has 0 saturated heterocycles. The molecule has 5 aromatic rings. The maximum Gasteiger partial charge on any atom is 0.209 e. The lowest BCUT2D eigenvalue weighted by molar-refractivity contribution is 0.103. The number of H-pyrrole nitrogens is 2. The van der Waals surface area contributed by atoms with Crippen LogP contribution in [0, 0.1) is 5.82 Å². The number of carbonyl (C=O) groups excluding carboxylic acids is 2. The van der Waals surface area contributed by atoms with Gasteiger partial charge in [-0.2, -0.15) is 0 Å². The van der Waals surface area contributed by atoms with Gasteiger partial charge in [0.25, 0.3) is 0 Å². The van der Waals surface area contributed by atoms with E-state index in [2.05, 4.69) is 15.0 Å². The summed E-state index contributed by atoms with van der Waals surface area (Å²) < 4.78 is 13.6. The van der Waals surface area contributed by atoms with Gasteiger partial charge < -0.3 is 15.7 Å². The lowest BCUT2D eigenvalue weighted by Gasteiger charge is -2.07. The number of benzene rings is 2. The number of pyridine rings is 1. The third-order valence-electron chi connectivity index (χ3n) is 5.33. The summed E-state index contributed by atoms with van der Waals surface area (Å²) in [5.74, 6) is -1.06. The molecule has 6 nitrogen and oxygen atoms in total. The Kier molecular flexibility index (Phi) is 4.63.